The van der Waals surface area contributed by atoms with E-state index in [0.717, 1.165) is 0 Å². The van der Waals surface area contributed by atoms with Gasteiger partial charge in [-0.1, -0.05) is 18.2 Å². The number of carbonyl (C=O) groups is 3. The van der Waals surface area contributed by atoms with Gasteiger partial charge in [-0.2, -0.15) is 0 Å². The number of anilines is 1. The Morgan fingerprint density at radius 1 is 1.21 bits per heavy atom. The van der Waals surface area contributed by atoms with Gasteiger partial charge in [0.25, 0.3) is 0 Å². The average molecular weight is 400 g/mol. The van der Waals surface area contributed by atoms with Crippen molar-refractivity contribution in [1.82, 2.24) is 0 Å². The highest BCUT2D eigenvalue weighted by atomic mass is 16.6. The van der Waals surface area contributed by atoms with Crippen molar-refractivity contribution < 1.29 is 28.6 Å². The molecule has 3 rings (SSSR count). The lowest BCUT2D eigenvalue weighted by Crippen LogP contribution is -2.50. The monoisotopic (exact) mass is 400 g/mol. The van der Waals surface area contributed by atoms with Crippen LogP contribution in [0.2, 0.25) is 0 Å². The van der Waals surface area contributed by atoms with Gasteiger partial charge in [-0.15, -0.1) is 0 Å². The maximum absolute atomic E-state index is 13.3. The number of allylic oxidation sites excluding steroid dienone is 1. The first-order chi connectivity index (χ1) is 13.7. The molecule has 0 aliphatic carbocycles. The zero-order valence-corrected chi connectivity index (χ0v) is 17.1. The first-order valence-electron chi connectivity index (χ1n) is 9.33. The van der Waals surface area contributed by atoms with E-state index in [4.69, 9.17) is 19.9 Å². The Bertz CT molecular complexity index is 962. The van der Waals surface area contributed by atoms with E-state index in [0.29, 0.717) is 11.3 Å². The molecule has 2 aliphatic rings. The fraction of sp³-hybridized carbons (Fsp3) is 0.381. The maximum atomic E-state index is 13.3. The number of fused-ring (bicyclic) bond motifs is 2. The Balaban J connectivity index is 2.40. The van der Waals surface area contributed by atoms with E-state index in [1.807, 2.05) is 0 Å². The largest absolute Gasteiger partial charge is 0.462 e. The number of para-hydroxylation sites is 1. The molecule has 0 radical (unpaired) electrons. The molecule has 154 valence electrons. The van der Waals surface area contributed by atoms with Gasteiger partial charge in [0.15, 0.2) is 5.41 Å². The van der Waals surface area contributed by atoms with Crippen LogP contribution in [0.4, 0.5) is 5.69 Å². The van der Waals surface area contributed by atoms with Crippen molar-refractivity contribution in [2.45, 2.75) is 39.2 Å². The SMILES string of the molecule is CCOC(=O)C1=C(N)N(C)c2ccccc2[C@@]12C(=O)OC(C)=C2C(=O)OC(C)C. The number of hydrogen-bond acceptors (Lipinski definition) is 8. The van der Waals surface area contributed by atoms with Crippen LogP contribution in [0.15, 0.2) is 47.0 Å². The van der Waals surface area contributed by atoms with Crippen molar-refractivity contribution in [3.8, 4) is 0 Å². The predicted octanol–water partition coefficient (Wildman–Crippen LogP) is 1.89. The van der Waals surface area contributed by atoms with Crippen molar-refractivity contribution in [1.29, 1.82) is 0 Å². The third-order valence-corrected chi connectivity index (χ3v) is 4.97. The molecule has 0 aromatic heterocycles. The number of carbonyl (C=O) groups excluding carboxylic acids is 3. The Morgan fingerprint density at radius 3 is 2.48 bits per heavy atom. The van der Waals surface area contributed by atoms with E-state index in [1.54, 1.807) is 57.0 Å². The van der Waals surface area contributed by atoms with E-state index >= 15 is 0 Å². The Morgan fingerprint density at radius 2 is 1.86 bits per heavy atom. The second-order valence-electron chi connectivity index (χ2n) is 7.08. The summed E-state index contributed by atoms with van der Waals surface area (Å²) in [7, 11) is 1.67. The number of nitrogens with two attached hydrogens (primary N) is 1. The van der Waals surface area contributed by atoms with Crippen LogP contribution < -0.4 is 10.6 Å². The molecular weight excluding hydrogens is 376 g/mol. The molecule has 8 heteroatoms. The van der Waals surface area contributed by atoms with Crippen LogP contribution in [0.1, 0.15) is 33.3 Å². The van der Waals surface area contributed by atoms with E-state index in [2.05, 4.69) is 0 Å². The van der Waals surface area contributed by atoms with Crippen molar-refractivity contribution in [2.75, 3.05) is 18.6 Å². The number of cyclic esters (lactones) is 1. The van der Waals surface area contributed by atoms with Gasteiger partial charge in [0, 0.05) is 18.3 Å². The predicted molar refractivity (Wildman–Crippen MR) is 104 cm³/mol. The number of nitrogens with zero attached hydrogens (tertiary/aromatic N) is 1. The van der Waals surface area contributed by atoms with Gasteiger partial charge in [-0.25, -0.2) is 14.4 Å². The standard InChI is InChI=1S/C21H24N2O6/c1-6-27-18(24)16-17(22)23(5)14-10-8-7-9-13(14)21(16)15(12(4)29-20(21)26)19(25)28-11(2)3/h7-11H,6,22H2,1-5H3/t21-/m0/s1. The third-order valence-electron chi connectivity index (χ3n) is 4.97. The normalized spacial score (nSPS) is 20.9. The summed E-state index contributed by atoms with van der Waals surface area (Å²) in [5, 5.41) is 0. The highest BCUT2D eigenvalue weighted by molar-refractivity contribution is 6.16. The minimum Gasteiger partial charge on any atom is -0.462 e. The molecule has 0 amide bonds. The Labute approximate surface area is 168 Å². The molecule has 0 unspecified atom stereocenters. The van der Waals surface area contributed by atoms with Crippen LogP contribution in [0, 0.1) is 0 Å². The first kappa shape index (κ1) is 20.4. The lowest BCUT2D eigenvalue weighted by molar-refractivity contribution is -0.148. The Kier molecular flexibility index (Phi) is 5.13. The highest BCUT2D eigenvalue weighted by Gasteiger charge is 2.63. The molecule has 0 saturated heterocycles. The van der Waals surface area contributed by atoms with Crippen LogP contribution in [0.5, 0.6) is 0 Å². The van der Waals surface area contributed by atoms with Crippen molar-refractivity contribution >= 4 is 23.6 Å². The fourth-order valence-corrected chi connectivity index (χ4v) is 3.84. The van der Waals surface area contributed by atoms with E-state index < -0.39 is 29.4 Å². The molecule has 0 fully saturated rings. The van der Waals surface area contributed by atoms with Crippen molar-refractivity contribution in [3.63, 3.8) is 0 Å². The number of ether oxygens (including phenoxy) is 3. The summed E-state index contributed by atoms with van der Waals surface area (Å²) < 4.78 is 16.0. The number of benzene rings is 1. The van der Waals surface area contributed by atoms with Crippen LogP contribution in [-0.4, -0.2) is 37.7 Å². The molecule has 2 N–H and O–H groups in total. The van der Waals surface area contributed by atoms with Crippen LogP contribution in [0.3, 0.4) is 0 Å². The number of hydrogen-bond donors (Lipinski definition) is 1. The molecule has 2 heterocycles. The molecule has 0 bridgehead atoms. The quantitative estimate of drug-likeness (QED) is 0.603. The third kappa shape index (κ3) is 2.86. The summed E-state index contributed by atoms with van der Waals surface area (Å²) in [6.07, 6.45) is -0.440. The van der Waals surface area contributed by atoms with Gasteiger partial charge in [-0.3, -0.25) is 0 Å². The summed E-state index contributed by atoms with van der Waals surface area (Å²) in [5.41, 5.74) is 5.20. The fourth-order valence-electron chi connectivity index (χ4n) is 3.84. The maximum Gasteiger partial charge on any atom is 0.339 e. The van der Waals surface area contributed by atoms with Crippen LogP contribution in [0.25, 0.3) is 0 Å². The molecule has 0 saturated carbocycles. The van der Waals surface area contributed by atoms with Crippen molar-refractivity contribution in [2.24, 2.45) is 5.73 Å². The molecule has 1 aromatic carbocycles. The summed E-state index contributed by atoms with van der Waals surface area (Å²) in [5.74, 6) is -2.28. The lowest BCUT2D eigenvalue weighted by atomic mass is 9.66. The lowest BCUT2D eigenvalue weighted by Gasteiger charge is -2.39. The second-order valence-corrected chi connectivity index (χ2v) is 7.08. The topological polar surface area (TPSA) is 108 Å². The minimum absolute atomic E-state index is 0.00338. The zero-order chi connectivity index (χ0) is 21.5. The molecule has 29 heavy (non-hydrogen) atoms. The van der Waals surface area contributed by atoms with Gasteiger partial charge in [0.1, 0.15) is 22.7 Å². The number of esters is 3. The van der Waals surface area contributed by atoms with Gasteiger partial charge in [-0.05, 0) is 33.8 Å². The average Bonchev–Trinajstić information content (AvgIpc) is 2.90. The van der Waals surface area contributed by atoms with Crippen molar-refractivity contribution in [3.05, 3.63) is 52.6 Å². The molecular formula is C21H24N2O6. The van der Waals surface area contributed by atoms with Gasteiger partial charge in [0.05, 0.1) is 12.7 Å². The summed E-state index contributed by atoms with van der Waals surface area (Å²) in [6, 6.07) is 6.90. The summed E-state index contributed by atoms with van der Waals surface area (Å²) >= 11 is 0. The Hall–Kier alpha value is -3.29. The minimum atomic E-state index is -1.87. The zero-order valence-electron chi connectivity index (χ0n) is 17.1. The molecule has 1 aromatic rings. The number of rotatable bonds is 4. The van der Waals surface area contributed by atoms with E-state index in [1.165, 1.54) is 6.92 Å². The van der Waals surface area contributed by atoms with Crippen LogP contribution >= 0.6 is 0 Å². The smallest absolute Gasteiger partial charge is 0.339 e. The first-order valence-corrected chi connectivity index (χ1v) is 9.33. The van der Waals surface area contributed by atoms with E-state index in [-0.39, 0.29) is 29.3 Å². The molecule has 1 spiro atoms. The molecule has 1 atom stereocenters. The van der Waals surface area contributed by atoms with Gasteiger partial charge >= 0.3 is 17.9 Å². The van der Waals surface area contributed by atoms with E-state index in [9.17, 15) is 14.4 Å². The van der Waals surface area contributed by atoms with Crippen LogP contribution in [-0.2, 0) is 34.0 Å². The highest BCUT2D eigenvalue weighted by Crippen LogP contribution is 2.53. The van der Waals surface area contributed by atoms with Gasteiger partial charge < -0.3 is 24.8 Å². The second kappa shape index (κ2) is 7.27. The summed E-state index contributed by atoms with van der Waals surface area (Å²) in [6.45, 7) is 6.59. The summed E-state index contributed by atoms with van der Waals surface area (Å²) in [4.78, 5) is 41.0. The molecule has 8 nitrogen and oxygen atoms in total. The van der Waals surface area contributed by atoms with Gasteiger partial charge in [0.2, 0.25) is 0 Å². The molecule has 2 aliphatic heterocycles.